The molecule has 5 heteroatoms. The highest BCUT2D eigenvalue weighted by Crippen LogP contribution is 1.84. The molecule has 13 heavy (non-hydrogen) atoms. The van der Waals surface area contributed by atoms with Crippen LogP contribution >= 0.6 is 0 Å². The first kappa shape index (κ1) is 9.73. The number of rotatable bonds is 2. The lowest BCUT2D eigenvalue weighted by atomic mass is 10.4. The number of hydrogen-bond donors (Lipinski definition) is 1. The van der Waals surface area contributed by atoms with Gasteiger partial charge in [0, 0.05) is 31.9 Å². The predicted octanol–water partition coefficient (Wildman–Crippen LogP) is -1.19. The monoisotopic (exact) mass is 183 g/mol. The molecule has 0 spiro atoms. The Kier molecular flexibility index (Phi) is 2.67. The normalized spacial score (nSPS) is 10.4. The van der Waals surface area contributed by atoms with E-state index in [-0.39, 0.29) is 11.2 Å². The van der Waals surface area contributed by atoms with Crippen molar-refractivity contribution in [2.24, 2.45) is 12.8 Å². The van der Waals surface area contributed by atoms with Crippen LogP contribution in [0.1, 0.15) is 5.56 Å². The van der Waals surface area contributed by atoms with Crippen LogP contribution in [0.15, 0.2) is 15.8 Å². The topological polar surface area (TPSA) is 70.0 Å². The third-order valence-corrected chi connectivity index (χ3v) is 1.89. The molecule has 0 atom stereocenters. The first-order valence-corrected chi connectivity index (χ1v) is 4.05. The minimum absolute atomic E-state index is 0.252. The van der Waals surface area contributed by atoms with Crippen molar-refractivity contribution in [2.75, 3.05) is 6.54 Å². The fourth-order valence-electron chi connectivity index (χ4n) is 1.19. The van der Waals surface area contributed by atoms with Gasteiger partial charge in [0.1, 0.15) is 0 Å². The van der Waals surface area contributed by atoms with E-state index in [9.17, 15) is 9.59 Å². The summed E-state index contributed by atoms with van der Waals surface area (Å²) in [5, 5.41) is 0. The van der Waals surface area contributed by atoms with Crippen molar-refractivity contribution in [3.63, 3.8) is 0 Å². The molecule has 0 aliphatic heterocycles. The zero-order chi connectivity index (χ0) is 10.0. The van der Waals surface area contributed by atoms with E-state index < -0.39 is 0 Å². The maximum atomic E-state index is 11.4. The van der Waals surface area contributed by atoms with Crippen molar-refractivity contribution in [3.05, 3.63) is 32.6 Å². The molecule has 0 aliphatic carbocycles. The molecule has 5 nitrogen and oxygen atoms in total. The van der Waals surface area contributed by atoms with E-state index in [0.29, 0.717) is 18.7 Å². The van der Waals surface area contributed by atoms with Gasteiger partial charge in [-0.05, 0) is 6.92 Å². The van der Waals surface area contributed by atoms with Gasteiger partial charge in [0.15, 0.2) is 0 Å². The van der Waals surface area contributed by atoms with Crippen LogP contribution < -0.4 is 17.0 Å². The van der Waals surface area contributed by atoms with Crippen LogP contribution in [-0.2, 0) is 13.6 Å². The first-order chi connectivity index (χ1) is 6.07. The number of nitrogens with two attached hydrogens (primary N) is 1. The van der Waals surface area contributed by atoms with Gasteiger partial charge in [0.2, 0.25) is 0 Å². The van der Waals surface area contributed by atoms with Gasteiger partial charge in [-0.3, -0.25) is 13.9 Å². The predicted molar refractivity (Wildman–Crippen MR) is 49.7 cm³/mol. The summed E-state index contributed by atoms with van der Waals surface area (Å²) >= 11 is 0. The minimum Gasteiger partial charge on any atom is -0.329 e. The van der Waals surface area contributed by atoms with E-state index in [1.165, 1.54) is 17.8 Å². The lowest BCUT2D eigenvalue weighted by molar-refractivity contribution is 0.601. The van der Waals surface area contributed by atoms with Gasteiger partial charge >= 0.3 is 5.69 Å². The third kappa shape index (κ3) is 1.70. The Balaban J connectivity index is 3.42. The Labute approximate surface area is 75.4 Å². The molecule has 72 valence electrons. The summed E-state index contributed by atoms with van der Waals surface area (Å²) in [6.07, 6.45) is 1.54. The van der Waals surface area contributed by atoms with E-state index in [2.05, 4.69) is 0 Å². The lowest BCUT2D eigenvalue weighted by Gasteiger charge is -2.06. The molecule has 0 saturated heterocycles. The number of hydrogen-bond acceptors (Lipinski definition) is 3. The van der Waals surface area contributed by atoms with E-state index in [1.807, 2.05) is 0 Å². The van der Waals surface area contributed by atoms with Crippen molar-refractivity contribution < 1.29 is 0 Å². The second-order valence-electron chi connectivity index (χ2n) is 2.94. The summed E-state index contributed by atoms with van der Waals surface area (Å²) in [5.74, 6) is 0. The van der Waals surface area contributed by atoms with E-state index in [1.54, 1.807) is 6.92 Å². The standard InChI is InChI=1S/C8H13N3O2/c1-6-5-11(4-3-9)8(13)10(2)7(6)12/h5H,3-4,9H2,1-2H3. The minimum atomic E-state index is -0.318. The smallest absolute Gasteiger partial charge is 0.329 e. The van der Waals surface area contributed by atoms with Crippen molar-refractivity contribution >= 4 is 0 Å². The highest BCUT2D eigenvalue weighted by molar-refractivity contribution is 5.02. The maximum Gasteiger partial charge on any atom is 0.330 e. The molecule has 1 rings (SSSR count). The molecule has 2 N–H and O–H groups in total. The second kappa shape index (κ2) is 3.57. The zero-order valence-corrected chi connectivity index (χ0v) is 7.78. The molecule has 0 unspecified atom stereocenters. The zero-order valence-electron chi connectivity index (χ0n) is 7.78. The first-order valence-electron chi connectivity index (χ1n) is 4.05. The van der Waals surface area contributed by atoms with Crippen molar-refractivity contribution in [1.29, 1.82) is 0 Å². The molecule has 0 aliphatic rings. The lowest BCUT2D eigenvalue weighted by Crippen LogP contribution is -2.39. The van der Waals surface area contributed by atoms with Crippen LogP contribution in [0.3, 0.4) is 0 Å². The molecule has 0 aromatic carbocycles. The Morgan fingerprint density at radius 2 is 2.08 bits per heavy atom. The summed E-state index contributed by atoms with van der Waals surface area (Å²) in [6, 6.07) is 0. The number of nitrogens with zero attached hydrogens (tertiary/aromatic N) is 2. The molecule has 0 saturated carbocycles. The molecular formula is C8H13N3O2. The molecule has 1 heterocycles. The van der Waals surface area contributed by atoms with Crippen LogP contribution in [0.5, 0.6) is 0 Å². The highest BCUT2D eigenvalue weighted by atomic mass is 16.2. The van der Waals surface area contributed by atoms with E-state index >= 15 is 0 Å². The molecule has 0 bridgehead atoms. The average molecular weight is 183 g/mol. The average Bonchev–Trinajstić information content (AvgIpc) is 2.11. The van der Waals surface area contributed by atoms with Gasteiger partial charge in [-0.1, -0.05) is 0 Å². The summed E-state index contributed by atoms with van der Waals surface area (Å²) < 4.78 is 2.53. The Hall–Kier alpha value is -1.36. The molecule has 0 amide bonds. The maximum absolute atomic E-state index is 11.4. The Bertz CT molecular complexity index is 416. The second-order valence-corrected chi connectivity index (χ2v) is 2.94. The van der Waals surface area contributed by atoms with Gasteiger partial charge in [-0.25, -0.2) is 4.79 Å². The van der Waals surface area contributed by atoms with E-state index in [4.69, 9.17) is 5.73 Å². The SMILES string of the molecule is Cc1cn(CCN)c(=O)n(C)c1=O. The van der Waals surface area contributed by atoms with Crippen LogP contribution in [0, 0.1) is 6.92 Å². The Morgan fingerprint density at radius 3 is 2.62 bits per heavy atom. The van der Waals surface area contributed by atoms with Gasteiger partial charge in [-0.15, -0.1) is 0 Å². The third-order valence-electron chi connectivity index (χ3n) is 1.89. The van der Waals surface area contributed by atoms with Crippen LogP contribution in [0.25, 0.3) is 0 Å². The molecule has 0 fully saturated rings. The van der Waals surface area contributed by atoms with Gasteiger partial charge < -0.3 is 5.73 Å². The number of aromatic nitrogens is 2. The summed E-state index contributed by atoms with van der Waals surface area (Å²) in [6.45, 7) is 2.50. The van der Waals surface area contributed by atoms with Gasteiger partial charge in [0.05, 0.1) is 0 Å². The van der Waals surface area contributed by atoms with Gasteiger partial charge in [0.25, 0.3) is 5.56 Å². The van der Waals surface area contributed by atoms with Crippen molar-refractivity contribution in [2.45, 2.75) is 13.5 Å². The Morgan fingerprint density at radius 1 is 1.46 bits per heavy atom. The van der Waals surface area contributed by atoms with Crippen LogP contribution in [0.2, 0.25) is 0 Å². The molecule has 1 aromatic heterocycles. The molecule has 0 radical (unpaired) electrons. The largest absolute Gasteiger partial charge is 0.330 e. The fourth-order valence-corrected chi connectivity index (χ4v) is 1.19. The van der Waals surface area contributed by atoms with Crippen molar-refractivity contribution in [1.82, 2.24) is 9.13 Å². The van der Waals surface area contributed by atoms with Crippen molar-refractivity contribution in [3.8, 4) is 0 Å². The van der Waals surface area contributed by atoms with Gasteiger partial charge in [-0.2, -0.15) is 0 Å². The van der Waals surface area contributed by atoms with E-state index in [0.717, 1.165) is 4.57 Å². The quantitative estimate of drug-likeness (QED) is 0.627. The fraction of sp³-hybridized carbons (Fsp3) is 0.500. The molecule has 1 aromatic rings. The van der Waals surface area contributed by atoms with Crippen LogP contribution in [-0.4, -0.2) is 15.7 Å². The number of aryl methyl sites for hydroxylation is 1. The van der Waals surface area contributed by atoms with Crippen LogP contribution in [0.4, 0.5) is 0 Å². The summed E-state index contributed by atoms with van der Waals surface area (Å²) in [4.78, 5) is 22.7. The molecular weight excluding hydrogens is 170 g/mol. The summed E-state index contributed by atoms with van der Waals surface area (Å²) in [5.41, 5.74) is 5.30. The summed E-state index contributed by atoms with van der Waals surface area (Å²) in [7, 11) is 1.46. The highest BCUT2D eigenvalue weighted by Gasteiger charge is 2.03.